The van der Waals surface area contributed by atoms with Crippen LogP contribution in [0.25, 0.3) is 0 Å². The van der Waals surface area contributed by atoms with Gasteiger partial charge in [-0.3, -0.25) is 9.59 Å². The lowest BCUT2D eigenvalue weighted by molar-refractivity contribution is -0.161. The van der Waals surface area contributed by atoms with E-state index in [-0.39, 0.29) is 6.79 Å². The van der Waals surface area contributed by atoms with Crippen LogP contribution >= 0.6 is 11.8 Å². The summed E-state index contributed by atoms with van der Waals surface area (Å²) in [5.74, 6) is -1.07. The third-order valence-electron chi connectivity index (χ3n) is 5.02. The number of carbonyl (C=O) groups excluding carboxylic acids is 2. The Labute approximate surface area is 159 Å². The SMILES string of the molecule is CC1(C)S[C@@H]2C(NC(=O)C(N)c3cccc4c3OCO4)C(=O)N2[C@H]1C(=O)O. The van der Waals surface area contributed by atoms with Crippen LogP contribution in [-0.2, 0) is 14.4 Å². The number of amides is 2. The van der Waals surface area contributed by atoms with Crippen LogP contribution in [0.1, 0.15) is 25.5 Å². The highest BCUT2D eigenvalue weighted by atomic mass is 32.2. The number of fused-ring (bicyclic) bond motifs is 2. The number of hydrogen-bond donors (Lipinski definition) is 3. The second kappa shape index (κ2) is 6.03. The fraction of sp³-hybridized carbons (Fsp3) is 0.471. The van der Waals surface area contributed by atoms with E-state index in [1.165, 1.54) is 16.7 Å². The zero-order valence-electron chi connectivity index (χ0n) is 14.7. The molecule has 0 aliphatic carbocycles. The molecule has 4 N–H and O–H groups in total. The molecule has 2 amide bonds. The summed E-state index contributed by atoms with van der Waals surface area (Å²) in [5.41, 5.74) is 6.54. The van der Waals surface area contributed by atoms with Gasteiger partial charge in [-0.25, -0.2) is 4.79 Å². The van der Waals surface area contributed by atoms with Crippen LogP contribution in [0, 0.1) is 0 Å². The van der Waals surface area contributed by atoms with Gasteiger partial charge in [0.15, 0.2) is 11.5 Å². The lowest BCUT2D eigenvalue weighted by Crippen LogP contribution is -2.71. The Balaban J connectivity index is 1.49. The third kappa shape index (κ3) is 2.62. The Kier molecular flexibility index (Phi) is 4.00. The summed E-state index contributed by atoms with van der Waals surface area (Å²) in [4.78, 5) is 38.0. The van der Waals surface area contributed by atoms with Gasteiger partial charge in [-0.15, -0.1) is 11.8 Å². The molecule has 3 aliphatic heterocycles. The third-order valence-corrected chi connectivity index (χ3v) is 6.59. The molecule has 3 heterocycles. The molecule has 1 aromatic rings. The average molecular weight is 393 g/mol. The molecule has 0 aromatic heterocycles. The number of aliphatic carboxylic acids is 1. The van der Waals surface area contributed by atoms with Crippen LogP contribution in [-0.4, -0.2) is 56.8 Å². The minimum absolute atomic E-state index is 0.0567. The number of nitrogens with one attached hydrogen (secondary N) is 1. The molecule has 4 atom stereocenters. The molecule has 3 aliphatic rings. The van der Waals surface area contributed by atoms with Crippen molar-refractivity contribution in [3.05, 3.63) is 23.8 Å². The van der Waals surface area contributed by atoms with Crippen molar-refractivity contribution < 1.29 is 29.0 Å². The molecule has 4 rings (SSSR count). The van der Waals surface area contributed by atoms with Gasteiger partial charge < -0.3 is 30.5 Å². The highest BCUT2D eigenvalue weighted by Gasteiger charge is 2.64. The number of nitrogens with two attached hydrogens (primary N) is 1. The number of nitrogens with zero attached hydrogens (tertiary/aromatic N) is 1. The summed E-state index contributed by atoms with van der Waals surface area (Å²) in [5, 5.41) is 11.7. The highest BCUT2D eigenvalue weighted by molar-refractivity contribution is 8.01. The van der Waals surface area contributed by atoms with Crippen LogP contribution in [0.15, 0.2) is 18.2 Å². The molecular formula is C17H19N3O6S. The fourth-order valence-electron chi connectivity index (χ4n) is 3.73. The van der Waals surface area contributed by atoms with Gasteiger partial charge >= 0.3 is 5.97 Å². The molecule has 27 heavy (non-hydrogen) atoms. The molecule has 2 unspecified atom stereocenters. The number of carbonyl (C=O) groups is 3. The normalized spacial score (nSPS) is 28.3. The van der Waals surface area contributed by atoms with Crippen LogP contribution < -0.4 is 20.5 Å². The van der Waals surface area contributed by atoms with E-state index in [9.17, 15) is 19.5 Å². The first kappa shape index (κ1) is 17.9. The first-order chi connectivity index (χ1) is 12.7. The van der Waals surface area contributed by atoms with Crippen molar-refractivity contribution in [1.29, 1.82) is 0 Å². The smallest absolute Gasteiger partial charge is 0.327 e. The second-order valence-corrected chi connectivity index (χ2v) is 8.91. The quantitative estimate of drug-likeness (QED) is 0.612. The lowest BCUT2D eigenvalue weighted by Gasteiger charge is -2.43. The molecule has 0 spiro atoms. The van der Waals surface area contributed by atoms with Gasteiger partial charge in [-0.05, 0) is 19.9 Å². The molecule has 9 nitrogen and oxygen atoms in total. The van der Waals surface area contributed by atoms with Crippen molar-refractivity contribution >= 4 is 29.5 Å². The Hall–Kier alpha value is -2.46. The van der Waals surface area contributed by atoms with E-state index in [0.29, 0.717) is 17.1 Å². The number of para-hydroxylation sites is 1. The predicted molar refractivity (Wildman–Crippen MR) is 95.2 cm³/mol. The zero-order valence-corrected chi connectivity index (χ0v) is 15.5. The van der Waals surface area contributed by atoms with Crippen molar-refractivity contribution in [2.24, 2.45) is 5.73 Å². The second-order valence-electron chi connectivity index (χ2n) is 7.14. The number of hydrogen-bond acceptors (Lipinski definition) is 7. The van der Waals surface area contributed by atoms with Gasteiger partial charge in [-0.2, -0.15) is 0 Å². The lowest BCUT2D eigenvalue weighted by atomic mass is 9.95. The van der Waals surface area contributed by atoms with Crippen molar-refractivity contribution in [2.45, 2.75) is 42.1 Å². The number of benzene rings is 1. The van der Waals surface area contributed by atoms with Gasteiger partial charge in [0.1, 0.15) is 23.5 Å². The molecule has 2 fully saturated rings. The van der Waals surface area contributed by atoms with Gasteiger partial charge in [0.25, 0.3) is 0 Å². The van der Waals surface area contributed by atoms with Crippen LogP contribution in [0.4, 0.5) is 0 Å². The van der Waals surface area contributed by atoms with E-state index in [4.69, 9.17) is 15.2 Å². The summed E-state index contributed by atoms with van der Waals surface area (Å²) in [7, 11) is 0. The van der Waals surface area contributed by atoms with Crippen molar-refractivity contribution in [2.75, 3.05) is 6.79 Å². The molecule has 0 saturated carbocycles. The van der Waals surface area contributed by atoms with Gasteiger partial charge in [0.2, 0.25) is 18.6 Å². The first-order valence-corrected chi connectivity index (χ1v) is 9.27. The summed E-state index contributed by atoms with van der Waals surface area (Å²) < 4.78 is 10.0. The Morgan fingerprint density at radius 2 is 2.15 bits per heavy atom. The minimum Gasteiger partial charge on any atom is -0.480 e. The number of carboxylic acid groups (broad SMARTS) is 1. The zero-order chi connectivity index (χ0) is 19.5. The predicted octanol–water partition coefficient (Wildman–Crippen LogP) is 0.0468. The molecule has 0 radical (unpaired) electrons. The van der Waals surface area contributed by atoms with E-state index in [2.05, 4.69) is 5.32 Å². The maximum Gasteiger partial charge on any atom is 0.327 e. The highest BCUT2D eigenvalue weighted by Crippen LogP contribution is 2.50. The summed E-state index contributed by atoms with van der Waals surface area (Å²) in [6.07, 6.45) is 0. The summed E-state index contributed by atoms with van der Waals surface area (Å²) >= 11 is 1.36. The van der Waals surface area contributed by atoms with Crippen molar-refractivity contribution in [3.8, 4) is 11.5 Å². The Morgan fingerprint density at radius 3 is 2.85 bits per heavy atom. The maximum atomic E-state index is 12.6. The van der Waals surface area contributed by atoms with E-state index >= 15 is 0 Å². The Bertz CT molecular complexity index is 844. The maximum absolute atomic E-state index is 12.6. The molecule has 1 aromatic carbocycles. The van der Waals surface area contributed by atoms with E-state index in [0.717, 1.165) is 0 Å². The topological polar surface area (TPSA) is 131 Å². The number of thioether (sulfide) groups is 1. The molecule has 0 bridgehead atoms. The minimum atomic E-state index is -1.05. The monoisotopic (exact) mass is 393 g/mol. The van der Waals surface area contributed by atoms with Crippen LogP contribution in [0.2, 0.25) is 0 Å². The Morgan fingerprint density at radius 1 is 1.41 bits per heavy atom. The average Bonchev–Trinajstić information content (AvgIpc) is 3.18. The van der Waals surface area contributed by atoms with E-state index < -0.39 is 46.0 Å². The fourth-order valence-corrected chi connectivity index (χ4v) is 5.35. The molecule has 2 saturated heterocycles. The number of rotatable bonds is 4. The largest absolute Gasteiger partial charge is 0.480 e. The summed E-state index contributed by atoms with van der Waals surface area (Å²) in [6.45, 7) is 3.61. The number of carboxylic acids is 1. The molecule has 10 heteroatoms. The van der Waals surface area contributed by atoms with E-state index in [1.807, 2.05) is 0 Å². The first-order valence-electron chi connectivity index (χ1n) is 8.39. The van der Waals surface area contributed by atoms with Crippen molar-refractivity contribution in [3.63, 3.8) is 0 Å². The van der Waals surface area contributed by atoms with Gasteiger partial charge in [0, 0.05) is 10.3 Å². The van der Waals surface area contributed by atoms with Crippen LogP contribution in [0.5, 0.6) is 11.5 Å². The standard InChI is InChI=1S/C17H19N3O6S/c1-17(2)12(16(23)24)20-14(22)10(15(20)27-17)19-13(21)9(18)7-4-3-5-8-11(7)26-6-25-8/h3-5,9-10,12,15H,6,18H2,1-2H3,(H,19,21)(H,23,24)/t9?,10?,12-,15+/m0/s1. The molecule has 144 valence electrons. The van der Waals surface area contributed by atoms with Gasteiger partial charge in [0.05, 0.1) is 0 Å². The van der Waals surface area contributed by atoms with E-state index in [1.54, 1.807) is 32.0 Å². The number of β-lactam (4-membered cyclic amide) rings is 1. The number of ether oxygens (including phenoxy) is 2. The van der Waals surface area contributed by atoms with Crippen molar-refractivity contribution in [1.82, 2.24) is 10.2 Å². The summed E-state index contributed by atoms with van der Waals surface area (Å²) in [6, 6.07) is 2.32. The molecular weight excluding hydrogens is 374 g/mol. The van der Waals surface area contributed by atoms with Crippen LogP contribution in [0.3, 0.4) is 0 Å². The van der Waals surface area contributed by atoms with Gasteiger partial charge in [-0.1, -0.05) is 12.1 Å².